The topological polar surface area (TPSA) is 20.3 Å². The van der Waals surface area contributed by atoms with Crippen molar-refractivity contribution >= 4 is 34.5 Å². The summed E-state index contributed by atoms with van der Waals surface area (Å²) in [5, 5.41) is 0.122. The molecular weight excluding hydrogens is 293 g/mol. The number of carbonyl (C=O) groups is 1. The van der Waals surface area contributed by atoms with Gasteiger partial charge in [0.1, 0.15) is 5.82 Å². The highest BCUT2D eigenvalue weighted by molar-refractivity contribution is 9.10. The van der Waals surface area contributed by atoms with E-state index in [4.69, 9.17) is 0 Å². The van der Waals surface area contributed by atoms with Crippen LogP contribution in [0.15, 0.2) is 22.7 Å². The molecule has 1 fully saturated rings. The maximum atomic E-state index is 13.0. The molecular formula is C11H11BrFNOS. The minimum atomic E-state index is -0.288. The third-order valence-corrected chi connectivity index (χ3v) is 3.51. The van der Waals surface area contributed by atoms with Gasteiger partial charge in [-0.1, -0.05) is 6.07 Å². The van der Waals surface area contributed by atoms with Crippen LogP contribution in [-0.4, -0.2) is 22.6 Å². The molecule has 1 heterocycles. The summed E-state index contributed by atoms with van der Waals surface area (Å²) in [5.41, 5.74) is 0.920. The van der Waals surface area contributed by atoms with Gasteiger partial charge in [0.25, 0.3) is 0 Å². The van der Waals surface area contributed by atoms with Crippen LogP contribution in [0.2, 0.25) is 0 Å². The summed E-state index contributed by atoms with van der Waals surface area (Å²) in [5.74, 6) is -0.177. The fourth-order valence-corrected chi connectivity index (χ4v) is 2.54. The Hall–Kier alpha value is -0.550. The van der Waals surface area contributed by atoms with Crippen LogP contribution in [-0.2, 0) is 11.3 Å². The first-order chi connectivity index (χ1) is 7.56. The second-order valence-electron chi connectivity index (χ2n) is 3.88. The van der Waals surface area contributed by atoms with Crippen LogP contribution in [0.4, 0.5) is 4.39 Å². The summed E-state index contributed by atoms with van der Waals surface area (Å²) >= 11 is 7.41. The zero-order valence-corrected chi connectivity index (χ0v) is 11.0. The van der Waals surface area contributed by atoms with E-state index in [1.807, 2.05) is 0 Å². The first-order valence-electron chi connectivity index (χ1n) is 4.96. The molecule has 1 aliphatic heterocycles. The van der Waals surface area contributed by atoms with Crippen LogP contribution >= 0.6 is 28.6 Å². The van der Waals surface area contributed by atoms with Crippen LogP contribution in [0, 0.1) is 5.82 Å². The molecule has 1 unspecified atom stereocenters. The molecule has 5 heteroatoms. The number of halogens is 2. The number of carbonyl (C=O) groups excluding carboxylic acids is 1. The highest BCUT2D eigenvalue weighted by atomic mass is 79.9. The average molecular weight is 304 g/mol. The molecule has 2 nitrogen and oxygen atoms in total. The van der Waals surface area contributed by atoms with Gasteiger partial charge in [-0.25, -0.2) is 4.39 Å². The molecule has 16 heavy (non-hydrogen) atoms. The van der Waals surface area contributed by atoms with E-state index in [0.29, 0.717) is 24.0 Å². The molecule has 0 aromatic heterocycles. The second-order valence-corrected chi connectivity index (χ2v) is 5.47. The van der Waals surface area contributed by atoms with Gasteiger partial charge in [-0.2, -0.15) is 12.6 Å². The van der Waals surface area contributed by atoms with E-state index in [-0.39, 0.29) is 17.0 Å². The molecule has 0 bridgehead atoms. The molecule has 1 saturated heterocycles. The predicted molar refractivity (Wildman–Crippen MR) is 66.9 cm³/mol. The zero-order chi connectivity index (χ0) is 11.7. The monoisotopic (exact) mass is 303 g/mol. The minimum Gasteiger partial charge on any atom is -0.337 e. The Labute approximate surface area is 107 Å². The van der Waals surface area contributed by atoms with Gasteiger partial charge >= 0.3 is 0 Å². The van der Waals surface area contributed by atoms with Gasteiger partial charge < -0.3 is 4.90 Å². The summed E-state index contributed by atoms with van der Waals surface area (Å²) < 4.78 is 13.4. The van der Waals surface area contributed by atoms with Gasteiger partial charge in [0.05, 0.1) is 4.47 Å². The van der Waals surface area contributed by atoms with E-state index >= 15 is 0 Å². The Balaban J connectivity index is 2.09. The summed E-state index contributed by atoms with van der Waals surface area (Å²) in [6, 6.07) is 4.80. The molecule has 0 saturated carbocycles. The Morgan fingerprint density at radius 2 is 2.31 bits per heavy atom. The number of hydrogen-bond acceptors (Lipinski definition) is 2. The second kappa shape index (κ2) is 4.75. The number of amides is 1. The molecule has 1 aromatic rings. The van der Waals surface area contributed by atoms with Gasteiger partial charge in [0.2, 0.25) is 5.91 Å². The van der Waals surface area contributed by atoms with Crippen molar-refractivity contribution in [2.75, 3.05) is 6.54 Å². The lowest BCUT2D eigenvalue weighted by atomic mass is 10.2. The summed E-state index contributed by atoms with van der Waals surface area (Å²) in [6.07, 6.45) is 0.492. The number of thiol groups is 1. The van der Waals surface area contributed by atoms with Crippen molar-refractivity contribution in [1.82, 2.24) is 4.90 Å². The highest BCUT2D eigenvalue weighted by Crippen LogP contribution is 2.21. The van der Waals surface area contributed by atoms with Crippen molar-refractivity contribution in [3.05, 3.63) is 34.1 Å². The van der Waals surface area contributed by atoms with Crippen molar-refractivity contribution in [2.45, 2.75) is 18.2 Å². The summed E-state index contributed by atoms with van der Waals surface area (Å²) in [4.78, 5) is 13.3. The lowest BCUT2D eigenvalue weighted by molar-refractivity contribution is -0.128. The summed E-state index contributed by atoms with van der Waals surface area (Å²) in [6.45, 7) is 1.19. The van der Waals surface area contributed by atoms with E-state index in [1.54, 1.807) is 17.0 Å². The molecule has 1 aromatic carbocycles. The van der Waals surface area contributed by atoms with Gasteiger partial charge in [0, 0.05) is 24.8 Å². The first kappa shape index (κ1) is 11.9. The summed E-state index contributed by atoms with van der Waals surface area (Å²) in [7, 11) is 0. The van der Waals surface area contributed by atoms with Crippen LogP contribution in [0.1, 0.15) is 12.0 Å². The van der Waals surface area contributed by atoms with Gasteiger partial charge in [0.15, 0.2) is 0 Å². The van der Waals surface area contributed by atoms with Crippen LogP contribution in [0.25, 0.3) is 0 Å². The lowest BCUT2D eigenvalue weighted by Gasteiger charge is -2.16. The van der Waals surface area contributed by atoms with Crippen LogP contribution in [0.3, 0.4) is 0 Å². The Morgan fingerprint density at radius 3 is 2.88 bits per heavy atom. The van der Waals surface area contributed by atoms with Crippen molar-refractivity contribution in [3.8, 4) is 0 Å². The number of hydrogen-bond donors (Lipinski definition) is 1. The van der Waals surface area contributed by atoms with Crippen molar-refractivity contribution < 1.29 is 9.18 Å². The number of nitrogens with zero attached hydrogens (tertiary/aromatic N) is 1. The lowest BCUT2D eigenvalue weighted by Crippen LogP contribution is -2.24. The maximum Gasteiger partial charge on any atom is 0.224 e. The van der Waals surface area contributed by atoms with E-state index in [2.05, 4.69) is 28.6 Å². The van der Waals surface area contributed by atoms with E-state index in [1.165, 1.54) is 6.07 Å². The van der Waals surface area contributed by atoms with Crippen LogP contribution in [0.5, 0.6) is 0 Å². The third-order valence-electron chi connectivity index (χ3n) is 2.55. The Kier molecular flexibility index (Phi) is 3.54. The molecule has 0 aliphatic carbocycles. The quantitative estimate of drug-likeness (QED) is 0.833. The van der Waals surface area contributed by atoms with Gasteiger partial charge in [-0.3, -0.25) is 4.79 Å². The van der Waals surface area contributed by atoms with Crippen molar-refractivity contribution in [2.24, 2.45) is 0 Å². The molecule has 0 spiro atoms. The molecule has 0 N–H and O–H groups in total. The number of benzene rings is 1. The zero-order valence-electron chi connectivity index (χ0n) is 8.49. The highest BCUT2D eigenvalue weighted by Gasteiger charge is 2.26. The van der Waals surface area contributed by atoms with E-state index in [0.717, 1.165) is 5.56 Å². The molecule has 2 rings (SSSR count). The SMILES string of the molecule is O=C1CC(S)CN1Cc1ccc(F)c(Br)c1. The van der Waals surface area contributed by atoms with E-state index in [9.17, 15) is 9.18 Å². The standard InChI is InChI=1S/C11H11BrFNOS/c12-9-3-7(1-2-10(9)13)5-14-6-8(16)4-11(14)15/h1-3,8,16H,4-6H2. The smallest absolute Gasteiger partial charge is 0.224 e. The molecule has 1 amide bonds. The predicted octanol–water partition coefficient (Wildman–Crippen LogP) is 2.62. The molecule has 0 radical (unpaired) electrons. The van der Waals surface area contributed by atoms with E-state index < -0.39 is 0 Å². The Morgan fingerprint density at radius 1 is 1.56 bits per heavy atom. The van der Waals surface area contributed by atoms with Gasteiger partial charge in [-0.15, -0.1) is 0 Å². The fraction of sp³-hybridized carbons (Fsp3) is 0.364. The fourth-order valence-electron chi connectivity index (χ4n) is 1.76. The van der Waals surface area contributed by atoms with Crippen molar-refractivity contribution in [1.29, 1.82) is 0 Å². The average Bonchev–Trinajstić information content (AvgIpc) is 2.51. The first-order valence-corrected chi connectivity index (χ1v) is 6.27. The minimum absolute atomic E-state index is 0.112. The van der Waals surface area contributed by atoms with Crippen molar-refractivity contribution in [3.63, 3.8) is 0 Å². The molecule has 1 atom stereocenters. The van der Waals surface area contributed by atoms with Gasteiger partial charge in [-0.05, 0) is 33.6 Å². The molecule has 1 aliphatic rings. The molecule has 86 valence electrons. The normalized spacial score (nSPS) is 20.6. The largest absolute Gasteiger partial charge is 0.337 e. The Bertz CT molecular complexity index is 426. The van der Waals surface area contributed by atoms with Crippen LogP contribution < -0.4 is 0 Å². The number of likely N-dealkylation sites (tertiary alicyclic amines) is 1. The number of rotatable bonds is 2. The maximum absolute atomic E-state index is 13.0. The third kappa shape index (κ3) is 2.58.